The summed E-state index contributed by atoms with van der Waals surface area (Å²) < 4.78 is 5.49. The molecule has 188 valence electrons. The molecule has 2 N–H and O–H groups in total. The Balaban J connectivity index is 0.00000432. The molecule has 0 spiro atoms. The number of ether oxygens (including phenoxy) is 1. The van der Waals surface area contributed by atoms with Gasteiger partial charge in [0.15, 0.2) is 6.04 Å². The fourth-order valence-electron chi connectivity index (χ4n) is 3.81. The van der Waals surface area contributed by atoms with Crippen molar-refractivity contribution in [3.05, 3.63) is 71.8 Å². The number of likely N-dealkylation sites (N-methyl/N-ethyl adjacent to an activating group) is 1. The summed E-state index contributed by atoms with van der Waals surface area (Å²) in [5.41, 5.74) is 1.85. The van der Waals surface area contributed by atoms with Crippen molar-refractivity contribution >= 4 is 36.3 Å². The molecule has 1 aliphatic rings. The number of benzene rings is 2. The first kappa shape index (κ1) is 27.8. The molecular formula is C25H30ClN3O6. The van der Waals surface area contributed by atoms with Gasteiger partial charge in [0, 0.05) is 7.05 Å². The minimum absolute atomic E-state index is 0. The maximum absolute atomic E-state index is 13.0. The van der Waals surface area contributed by atoms with E-state index in [-0.39, 0.29) is 25.6 Å². The highest BCUT2D eigenvalue weighted by Crippen LogP contribution is 2.17. The second kappa shape index (κ2) is 12.9. The average molecular weight is 504 g/mol. The van der Waals surface area contributed by atoms with Gasteiger partial charge in [0.25, 0.3) is 0 Å². The Morgan fingerprint density at radius 2 is 1.63 bits per heavy atom. The van der Waals surface area contributed by atoms with E-state index in [4.69, 9.17) is 4.74 Å². The number of nitrogens with one attached hydrogen (secondary N) is 1. The zero-order valence-electron chi connectivity index (χ0n) is 19.6. The van der Waals surface area contributed by atoms with Crippen LogP contribution in [0, 0.1) is 0 Å². The van der Waals surface area contributed by atoms with Crippen molar-refractivity contribution in [2.24, 2.45) is 0 Å². The van der Waals surface area contributed by atoms with Crippen molar-refractivity contribution in [1.82, 2.24) is 15.1 Å². The summed E-state index contributed by atoms with van der Waals surface area (Å²) in [6, 6.07) is 15.1. The number of carboxylic acid groups (broad SMARTS) is 1. The van der Waals surface area contributed by atoms with Crippen LogP contribution in [-0.4, -0.2) is 70.5 Å². The second-order valence-corrected chi connectivity index (χ2v) is 8.28. The third kappa shape index (κ3) is 7.27. The molecule has 3 atom stereocenters. The Hall–Kier alpha value is -3.43. The molecule has 1 saturated heterocycles. The number of hydrogen-bond donors (Lipinski definition) is 2. The van der Waals surface area contributed by atoms with Crippen molar-refractivity contribution in [3.63, 3.8) is 0 Å². The molecule has 3 amide bonds. The molecule has 0 saturated carbocycles. The normalized spacial score (nSPS) is 16.9. The van der Waals surface area contributed by atoms with Crippen molar-refractivity contribution in [2.45, 2.75) is 44.5 Å². The van der Waals surface area contributed by atoms with Gasteiger partial charge in [-0.15, -0.1) is 12.4 Å². The van der Waals surface area contributed by atoms with E-state index in [1.807, 2.05) is 60.7 Å². The third-order valence-electron chi connectivity index (χ3n) is 5.71. The monoisotopic (exact) mass is 503 g/mol. The van der Waals surface area contributed by atoms with E-state index < -0.39 is 42.0 Å². The molecule has 1 heterocycles. The van der Waals surface area contributed by atoms with Gasteiger partial charge in [0.1, 0.15) is 12.6 Å². The van der Waals surface area contributed by atoms with Gasteiger partial charge in [-0.25, -0.2) is 14.5 Å². The standard InChI is InChI=1S/C25H29N3O6.ClH/c1-17(22(29)28-21(23(30)31)15-27(2)25(28)33)26-20(14-13-18-9-5-3-6-10-18)24(32)34-16-19-11-7-4-8-12-19;/h3-12,17,20-21,26H,13-16H2,1-2H3,(H,30,31);1H/t17-,20+,21+;/m1./s1. The van der Waals surface area contributed by atoms with Crippen LogP contribution in [0.25, 0.3) is 0 Å². The first-order valence-electron chi connectivity index (χ1n) is 11.1. The number of carbonyl (C=O) groups is 4. The smallest absolute Gasteiger partial charge is 0.328 e. The minimum Gasteiger partial charge on any atom is -0.480 e. The predicted octanol–water partition coefficient (Wildman–Crippen LogP) is 2.48. The molecule has 0 bridgehead atoms. The second-order valence-electron chi connectivity index (χ2n) is 8.28. The molecule has 0 aliphatic carbocycles. The summed E-state index contributed by atoms with van der Waals surface area (Å²) >= 11 is 0. The van der Waals surface area contributed by atoms with Crippen LogP contribution < -0.4 is 5.32 Å². The van der Waals surface area contributed by atoms with Crippen LogP contribution in [-0.2, 0) is 32.1 Å². The highest BCUT2D eigenvalue weighted by atomic mass is 35.5. The predicted molar refractivity (Wildman–Crippen MR) is 131 cm³/mol. The minimum atomic E-state index is -1.28. The van der Waals surface area contributed by atoms with Crippen molar-refractivity contribution in [3.8, 4) is 0 Å². The molecule has 1 fully saturated rings. The Kier molecular flexibility index (Phi) is 10.2. The van der Waals surface area contributed by atoms with Gasteiger partial charge in [0.2, 0.25) is 5.91 Å². The largest absolute Gasteiger partial charge is 0.480 e. The van der Waals surface area contributed by atoms with Crippen molar-refractivity contribution in [2.75, 3.05) is 13.6 Å². The first-order chi connectivity index (χ1) is 16.3. The van der Waals surface area contributed by atoms with Crippen molar-refractivity contribution < 1.29 is 29.0 Å². The van der Waals surface area contributed by atoms with Crippen LogP contribution in [0.15, 0.2) is 60.7 Å². The van der Waals surface area contributed by atoms with E-state index in [9.17, 15) is 24.3 Å². The Labute approximate surface area is 210 Å². The molecule has 0 aromatic heterocycles. The van der Waals surface area contributed by atoms with Gasteiger partial charge < -0.3 is 14.7 Å². The average Bonchev–Trinajstić information content (AvgIpc) is 3.15. The molecule has 2 aromatic carbocycles. The molecule has 2 aromatic rings. The maximum Gasteiger partial charge on any atom is 0.328 e. The number of urea groups is 1. The molecule has 0 unspecified atom stereocenters. The molecule has 9 nitrogen and oxygen atoms in total. The lowest BCUT2D eigenvalue weighted by molar-refractivity contribution is -0.149. The number of aryl methyl sites for hydroxylation is 1. The van der Waals surface area contributed by atoms with Gasteiger partial charge >= 0.3 is 18.0 Å². The van der Waals surface area contributed by atoms with Crippen molar-refractivity contribution in [1.29, 1.82) is 0 Å². The highest BCUT2D eigenvalue weighted by Gasteiger charge is 2.45. The fourth-order valence-corrected chi connectivity index (χ4v) is 3.81. The molecule has 3 rings (SSSR count). The van der Waals surface area contributed by atoms with Crippen LogP contribution in [0.1, 0.15) is 24.5 Å². The van der Waals surface area contributed by atoms with Crippen LogP contribution >= 0.6 is 12.4 Å². The summed E-state index contributed by atoms with van der Waals surface area (Å²) in [5, 5.41) is 12.4. The highest BCUT2D eigenvalue weighted by molar-refractivity contribution is 6.02. The lowest BCUT2D eigenvalue weighted by Gasteiger charge is -2.26. The summed E-state index contributed by atoms with van der Waals surface area (Å²) in [6.07, 6.45) is 0.911. The van der Waals surface area contributed by atoms with E-state index in [0.29, 0.717) is 12.8 Å². The van der Waals surface area contributed by atoms with E-state index in [1.165, 1.54) is 18.9 Å². The molecule has 1 aliphatic heterocycles. The Bertz CT molecular complexity index is 1020. The maximum atomic E-state index is 13.0. The number of aliphatic carboxylic acids is 1. The summed E-state index contributed by atoms with van der Waals surface area (Å²) in [5.74, 6) is -2.50. The number of esters is 1. The molecule has 35 heavy (non-hydrogen) atoms. The number of hydrogen-bond acceptors (Lipinski definition) is 6. The molecular weight excluding hydrogens is 474 g/mol. The van der Waals surface area contributed by atoms with Gasteiger partial charge in [0.05, 0.1) is 12.6 Å². The van der Waals surface area contributed by atoms with Gasteiger partial charge in [-0.05, 0) is 30.9 Å². The number of rotatable bonds is 10. The van der Waals surface area contributed by atoms with E-state index in [1.54, 1.807) is 0 Å². The SMILES string of the molecule is C[C@@H](N[C@@H](CCc1ccccc1)C(=O)OCc1ccccc1)C(=O)N1C(=O)N(C)C[C@H]1C(=O)O.Cl. The van der Waals surface area contributed by atoms with E-state index in [2.05, 4.69) is 5.32 Å². The number of carboxylic acids is 1. The van der Waals surface area contributed by atoms with Crippen LogP contribution in [0.5, 0.6) is 0 Å². The van der Waals surface area contributed by atoms with Gasteiger partial charge in [-0.1, -0.05) is 60.7 Å². The lowest BCUT2D eigenvalue weighted by atomic mass is 10.0. The number of imide groups is 1. The van der Waals surface area contributed by atoms with Crippen LogP contribution in [0.2, 0.25) is 0 Å². The van der Waals surface area contributed by atoms with Crippen LogP contribution in [0.3, 0.4) is 0 Å². The Morgan fingerprint density at radius 1 is 1.06 bits per heavy atom. The van der Waals surface area contributed by atoms with E-state index >= 15 is 0 Å². The van der Waals surface area contributed by atoms with Gasteiger partial charge in [-0.3, -0.25) is 14.9 Å². The summed E-state index contributed by atoms with van der Waals surface area (Å²) in [4.78, 5) is 51.9. The lowest BCUT2D eigenvalue weighted by Crippen LogP contribution is -2.54. The quantitative estimate of drug-likeness (QED) is 0.478. The topological polar surface area (TPSA) is 116 Å². The molecule has 10 heteroatoms. The molecule has 0 radical (unpaired) electrons. The van der Waals surface area contributed by atoms with Gasteiger partial charge in [-0.2, -0.15) is 0 Å². The summed E-state index contributed by atoms with van der Waals surface area (Å²) in [6.45, 7) is 1.50. The first-order valence-corrected chi connectivity index (χ1v) is 11.1. The number of halogens is 1. The van der Waals surface area contributed by atoms with Crippen LogP contribution in [0.4, 0.5) is 4.79 Å². The zero-order chi connectivity index (χ0) is 24.7. The fraction of sp³-hybridized carbons (Fsp3) is 0.360. The van der Waals surface area contributed by atoms with E-state index in [0.717, 1.165) is 16.0 Å². The summed E-state index contributed by atoms with van der Waals surface area (Å²) in [7, 11) is 1.44. The third-order valence-corrected chi connectivity index (χ3v) is 5.71. The Morgan fingerprint density at radius 3 is 2.20 bits per heavy atom. The number of carbonyl (C=O) groups excluding carboxylic acids is 3. The number of amides is 3. The number of nitrogens with zero attached hydrogens (tertiary/aromatic N) is 2. The zero-order valence-corrected chi connectivity index (χ0v) is 20.4.